The third-order valence-electron chi connectivity index (χ3n) is 4.72. The summed E-state index contributed by atoms with van der Waals surface area (Å²) >= 11 is 0. The number of amides is 2. The first kappa shape index (κ1) is 20.6. The molecule has 1 aliphatic rings. The number of carbonyl (C=O) groups excluding carboxylic acids is 2. The normalized spacial score (nSPS) is 15.0. The summed E-state index contributed by atoms with van der Waals surface area (Å²) in [6, 6.07) is 14.5. The number of hydrogen-bond acceptors (Lipinski definition) is 6. The lowest BCUT2D eigenvalue weighted by molar-refractivity contribution is -0.117. The van der Waals surface area contributed by atoms with Gasteiger partial charge in [0.2, 0.25) is 0 Å². The van der Waals surface area contributed by atoms with Gasteiger partial charge in [-0.25, -0.2) is 19.3 Å². The number of hydrogen-bond donors (Lipinski definition) is 3. The molecule has 31 heavy (non-hydrogen) atoms. The average molecular weight is 444 g/mol. The van der Waals surface area contributed by atoms with Crippen LogP contribution in [0.5, 0.6) is 5.75 Å². The van der Waals surface area contributed by atoms with Gasteiger partial charge >= 0.3 is 10.2 Å². The van der Waals surface area contributed by atoms with E-state index in [9.17, 15) is 18.0 Å². The highest BCUT2D eigenvalue weighted by molar-refractivity contribution is 7.92. The number of nitrogens with one attached hydrogen (secondary N) is 2. The summed E-state index contributed by atoms with van der Waals surface area (Å²) in [5.41, 5.74) is 2.55. The standard InChI is InChI=1S/C20H17FN4O5S/c21-18-15-7-6-13(20(27)23-22)8-14(15)9-16(30-11-12-4-2-1-3-5-12)19(18)25-10-17(26)24-31(25,28)29/h1-9H,10-11,22H2,(H,23,27)(H,24,26). The Balaban J connectivity index is 1.87. The van der Waals surface area contributed by atoms with Crippen LogP contribution in [0.1, 0.15) is 15.9 Å². The van der Waals surface area contributed by atoms with Crippen molar-refractivity contribution in [2.24, 2.45) is 5.84 Å². The van der Waals surface area contributed by atoms with E-state index >= 15 is 4.39 Å². The van der Waals surface area contributed by atoms with Gasteiger partial charge in [-0.15, -0.1) is 0 Å². The number of benzene rings is 3. The third kappa shape index (κ3) is 3.88. The molecule has 0 unspecified atom stereocenters. The van der Waals surface area contributed by atoms with E-state index in [2.05, 4.69) is 0 Å². The number of hydrazine groups is 1. The lowest BCUT2D eigenvalue weighted by Gasteiger charge is -2.21. The van der Waals surface area contributed by atoms with Gasteiger partial charge in [-0.3, -0.25) is 15.0 Å². The maximum atomic E-state index is 15.5. The molecule has 1 heterocycles. The van der Waals surface area contributed by atoms with E-state index in [0.717, 1.165) is 5.56 Å². The molecule has 9 nitrogen and oxygen atoms in total. The van der Waals surface area contributed by atoms with E-state index < -0.39 is 40.1 Å². The van der Waals surface area contributed by atoms with Crippen LogP contribution in [0.4, 0.5) is 10.1 Å². The monoisotopic (exact) mass is 444 g/mol. The van der Waals surface area contributed by atoms with Crippen molar-refractivity contribution in [3.8, 4) is 5.75 Å². The minimum absolute atomic E-state index is 0.0248. The molecule has 4 N–H and O–H groups in total. The first-order chi connectivity index (χ1) is 14.8. The van der Waals surface area contributed by atoms with Crippen molar-refractivity contribution < 1.29 is 27.1 Å². The van der Waals surface area contributed by atoms with Gasteiger partial charge < -0.3 is 4.74 Å². The number of nitrogens with two attached hydrogens (primary N) is 1. The Labute approximate surface area is 176 Å². The van der Waals surface area contributed by atoms with Crippen LogP contribution in [-0.2, 0) is 21.6 Å². The van der Waals surface area contributed by atoms with Crippen LogP contribution >= 0.6 is 0 Å². The number of nitrogen functional groups attached to an aromatic ring is 1. The molecule has 0 bridgehead atoms. The summed E-state index contributed by atoms with van der Waals surface area (Å²) in [5.74, 6) is 2.80. The first-order valence-electron chi connectivity index (χ1n) is 9.07. The highest BCUT2D eigenvalue weighted by Crippen LogP contribution is 2.39. The van der Waals surface area contributed by atoms with Crippen LogP contribution in [0.2, 0.25) is 0 Å². The summed E-state index contributed by atoms with van der Waals surface area (Å²) < 4.78 is 48.5. The van der Waals surface area contributed by atoms with Gasteiger partial charge in [0.15, 0.2) is 5.82 Å². The van der Waals surface area contributed by atoms with Crippen LogP contribution in [0.3, 0.4) is 0 Å². The highest BCUT2D eigenvalue weighted by atomic mass is 32.2. The molecular formula is C20H17FN4O5S. The molecule has 11 heteroatoms. The summed E-state index contributed by atoms with van der Waals surface area (Å²) in [6.45, 7) is -0.558. The Morgan fingerprint density at radius 1 is 1.19 bits per heavy atom. The molecule has 2 amide bonds. The second-order valence-electron chi connectivity index (χ2n) is 6.76. The van der Waals surface area contributed by atoms with Gasteiger partial charge in [-0.2, -0.15) is 8.42 Å². The predicted octanol–water partition coefficient (Wildman–Crippen LogP) is 1.34. The predicted molar refractivity (Wildman–Crippen MR) is 111 cm³/mol. The minimum atomic E-state index is -4.28. The zero-order valence-corrected chi connectivity index (χ0v) is 16.8. The second kappa shape index (κ2) is 7.85. The quantitative estimate of drug-likeness (QED) is 0.309. The third-order valence-corrected chi connectivity index (χ3v) is 6.09. The maximum absolute atomic E-state index is 15.5. The topological polar surface area (TPSA) is 131 Å². The fraction of sp³-hybridized carbons (Fsp3) is 0.100. The molecule has 0 aliphatic carbocycles. The molecule has 0 spiro atoms. The maximum Gasteiger partial charge on any atom is 0.326 e. The van der Waals surface area contributed by atoms with Crippen LogP contribution in [-0.4, -0.2) is 26.8 Å². The van der Waals surface area contributed by atoms with Crippen LogP contribution in [0.15, 0.2) is 54.6 Å². The molecule has 0 radical (unpaired) electrons. The number of rotatable bonds is 5. The van der Waals surface area contributed by atoms with Crippen molar-refractivity contribution in [3.63, 3.8) is 0 Å². The fourth-order valence-corrected chi connectivity index (χ4v) is 4.44. The van der Waals surface area contributed by atoms with E-state index in [0.29, 0.717) is 9.69 Å². The molecule has 3 aromatic rings. The molecule has 160 valence electrons. The Bertz CT molecular complexity index is 1300. The molecule has 1 aliphatic heterocycles. The molecular weight excluding hydrogens is 427 g/mol. The van der Waals surface area contributed by atoms with Gasteiger partial charge in [0.25, 0.3) is 11.8 Å². The van der Waals surface area contributed by atoms with E-state index in [1.807, 2.05) is 16.2 Å². The molecule has 1 saturated heterocycles. The number of anilines is 1. The van der Waals surface area contributed by atoms with Crippen molar-refractivity contribution in [1.29, 1.82) is 0 Å². The molecule has 0 aromatic heterocycles. The minimum Gasteiger partial charge on any atom is -0.487 e. The van der Waals surface area contributed by atoms with Crippen molar-refractivity contribution >= 4 is 38.5 Å². The summed E-state index contributed by atoms with van der Waals surface area (Å²) in [5, 5.41) is 0.339. The SMILES string of the molecule is NNC(=O)c1ccc2c(F)c(N3CC(=O)NS3(=O)=O)c(OCc3ccccc3)cc2c1. The van der Waals surface area contributed by atoms with Crippen molar-refractivity contribution in [1.82, 2.24) is 10.1 Å². The Morgan fingerprint density at radius 2 is 1.94 bits per heavy atom. The second-order valence-corrected chi connectivity index (χ2v) is 8.35. The van der Waals surface area contributed by atoms with Crippen LogP contribution in [0, 0.1) is 5.82 Å². The van der Waals surface area contributed by atoms with Crippen molar-refractivity contribution in [2.45, 2.75) is 6.61 Å². The van der Waals surface area contributed by atoms with Crippen LogP contribution < -0.4 is 25.0 Å². The van der Waals surface area contributed by atoms with Crippen molar-refractivity contribution in [3.05, 3.63) is 71.5 Å². The van der Waals surface area contributed by atoms with E-state index in [-0.39, 0.29) is 23.3 Å². The number of ether oxygens (including phenoxy) is 1. The van der Waals surface area contributed by atoms with Gasteiger partial charge in [-0.05, 0) is 29.1 Å². The highest BCUT2D eigenvalue weighted by Gasteiger charge is 2.38. The number of halogens is 1. The number of nitrogens with zero attached hydrogens (tertiary/aromatic N) is 1. The Kier molecular flexibility index (Phi) is 5.21. The zero-order chi connectivity index (χ0) is 22.2. The largest absolute Gasteiger partial charge is 0.487 e. The smallest absolute Gasteiger partial charge is 0.326 e. The van der Waals surface area contributed by atoms with Gasteiger partial charge in [0.05, 0.1) is 0 Å². The Hall–Kier alpha value is -3.70. The molecule has 0 saturated carbocycles. The molecule has 1 fully saturated rings. The van der Waals surface area contributed by atoms with Crippen molar-refractivity contribution in [2.75, 3.05) is 10.8 Å². The van der Waals surface area contributed by atoms with E-state index in [1.165, 1.54) is 24.3 Å². The first-order valence-corrected chi connectivity index (χ1v) is 10.5. The average Bonchev–Trinajstić information content (AvgIpc) is 3.03. The summed E-state index contributed by atoms with van der Waals surface area (Å²) in [4.78, 5) is 23.5. The van der Waals surface area contributed by atoms with Gasteiger partial charge in [0, 0.05) is 10.9 Å². The molecule has 0 atom stereocenters. The zero-order valence-electron chi connectivity index (χ0n) is 16.0. The van der Waals surface area contributed by atoms with Crippen LogP contribution in [0.25, 0.3) is 10.8 Å². The summed E-state index contributed by atoms with van der Waals surface area (Å²) in [6.07, 6.45) is 0. The lowest BCUT2D eigenvalue weighted by atomic mass is 10.0. The number of fused-ring (bicyclic) bond motifs is 1. The molecule has 3 aromatic carbocycles. The lowest BCUT2D eigenvalue weighted by Crippen LogP contribution is -2.30. The Morgan fingerprint density at radius 3 is 2.58 bits per heavy atom. The fourth-order valence-electron chi connectivity index (χ4n) is 3.28. The molecule has 4 rings (SSSR count). The number of carbonyl (C=O) groups is 2. The van der Waals surface area contributed by atoms with Gasteiger partial charge in [-0.1, -0.05) is 36.4 Å². The summed E-state index contributed by atoms with van der Waals surface area (Å²) in [7, 11) is -4.28. The van der Waals surface area contributed by atoms with E-state index in [4.69, 9.17) is 10.6 Å². The van der Waals surface area contributed by atoms with E-state index in [1.54, 1.807) is 24.3 Å². The van der Waals surface area contributed by atoms with Gasteiger partial charge in [0.1, 0.15) is 24.6 Å².